The van der Waals surface area contributed by atoms with E-state index < -0.39 is 11.8 Å². The lowest BCUT2D eigenvalue weighted by Crippen LogP contribution is -2.29. The maximum Gasteiger partial charge on any atom is 0.314 e. The van der Waals surface area contributed by atoms with Gasteiger partial charge in [0.15, 0.2) is 0 Å². The largest absolute Gasteiger partial charge is 0.497 e. The summed E-state index contributed by atoms with van der Waals surface area (Å²) in [5.74, 6) is -0.524. The fraction of sp³-hybridized carbons (Fsp3) is 0.263. The van der Waals surface area contributed by atoms with Crippen LogP contribution in [0.1, 0.15) is 16.7 Å². The summed E-state index contributed by atoms with van der Waals surface area (Å²) >= 11 is 0. The average molecular weight is 342 g/mol. The van der Waals surface area contributed by atoms with Gasteiger partial charge < -0.3 is 20.1 Å². The number of carbonyl (C=O) groups is 2. The van der Waals surface area contributed by atoms with Gasteiger partial charge in [0.25, 0.3) is 0 Å². The summed E-state index contributed by atoms with van der Waals surface area (Å²) in [5.41, 5.74) is 3.94. The van der Waals surface area contributed by atoms with Crippen LogP contribution in [0.3, 0.4) is 0 Å². The molecule has 0 fully saturated rings. The molecular weight excluding hydrogens is 320 g/mol. The maximum absolute atomic E-state index is 12.2. The monoisotopic (exact) mass is 342 g/mol. The van der Waals surface area contributed by atoms with Gasteiger partial charge in [0, 0.05) is 11.8 Å². The molecule has 2 aromatic carbocycles. The molecule has 2 N–H and O–H groups in total. The van der Waals surface area contributed by atoms with Crippen LogP contribution in [0.4, 0.5) is 11.4 Å². The first-order valence-corrected chi connectivity index (χ1v) is 7.78. The summed E-state index contributed by atoms with van der Waals surface area (Å²) in [5, 5.41) is 5.22. The van der Waals surface area contributed by atoms with Crippen LogP contribution in [0.15, 0.2) is 30.3 Å². The summed E-state index contributed by atoms with van der Waals surface area (Å²) in [7, 11) is 3.01. The van der Waals surface area contributed by atoms with E-state index in [1.165, 1.54) is 14.2 Å². The Kier molecular flexibility index (Phi) is 5.64. The minimum absolute atomic E-state index is 0.390. The van der Waals surface area contributed by atoms with Gasteiger partial charge in [0.2, 0.25) is 0 Å². The van der Waals surface area contributed by atoms with Crippen LogP contribution in [0.5, 0.6) is 11.5 Å². The second kappa shape index (κ2) is 7.70. The van der Waals surface area contributed by atoms with Crippen LogP contribution in [0, 0.1) is 20.8 Å². The van der Waals surface area contributed by atoms with Gasteiger partial charge in [-0.3, -0.25) is 9.59 Å². The average Bonchev–Trinajstić information content (AvgIpc) is 2.58. The molecular formula is C19H22N2O4. The highest BCUT2D eigenvalue weighted by Gasteiger charge is 2.18. The lowest BCUT2D eigenvalue weighted by Gasteiger charge is -2.14. The molecule has 6 heteroatoms. The number of methoxy groups -OCH3 is 2. The highest BCUT2D eigenvalue weighted by Crippen LogP contribution is 2.29. The van der Waals surface area contributed by atoms with Crippen molar-refractivity contribution in [1.29, 1.82) is 0 Å². The first-order valence-electron chi connectivity index (χ1n) is 7.78. The van der Waals surface area contributed by atoms with Crippen molar-refractivity contribution in [2.75, 3.05) is 24.9 Å². The van der Waals surface area contributed by atoms with E-state index in [0.717, 1.165) is 16.7 Å². The molecule has 0 atom stereocenters. The number of nitrogens with one attached hydrogen (secondary N) is 2. The van der Waals surface area contributed by atoms with Gasteiger partial charge in [0.05, 0.1) is 19.9 Å². The smallest absolute Gasteiger partial charge is 0.314 e. The molecule has 0 aliphatic heterocycles. The Hall–Kier alpha value is -3.02. The fourth-order valence-corrected chi connectivity index (χ4v) is 2.63. The van der Waals surface area contributed by atoms with E-state index >= 15 is 0 Å². The Morgan fingerprint density at radius 2 is 1.44 bits per heavy atom. The SMILES string of the molecule is COc1ccc(NC(=O)C(=O)Nc2c(C)cc(C)cc2C)c(OC)c1. The first kappa shape index (κ1) is 18.3. The van der Waals surface area contributed by atoms with E-state index in [1.807, 2.05) is 32.9 Å². The molecule has 132 valence electrons. The molecule has 0 aromatic heterocycles. The van der Waals surface area contributed by atoms with Crippen molar-refractivity contribution < 1.29 is 19.1 Å². The number of benzene rings is 2. The molecule has 0 unspecified atom stereocenters. The highest BCUT2D eigenvalue weighted by molar-refractivity contribution is 6.44. The van der Waals surface area contributed by atoms with Crippen molar-refractivity contribution in [2.45, 2.75) is 20.8 Å². The maximum atomic E-state index is 12.2. The molecule has 0 saturated heterocycles. The Balaban J connectivity index is 2.15. The number of anilines is 2. The van der Waals surface area contributed by atoms with Crippen LogP contribution in [-0.4, -0.2) is 26.0 Å². The summed E-state index contributed by atoms with van der Waals surface area (Å²) in [6.07, 6.45) is 0. The zero-order valence-corrected chi connectivity index (χ0v) is 15.0. The lowest BCUT2D eigenvalue weighted by molar-refractivity contribution is -0.133. The predicted octanol–water partition coefficient (Wildman–Crippen LogP) is 3.21. The number of hydrogen-bond donors (Lipinski definition) is 2. The zero-order chi connectivity index (χ0) is 18.6. The van der Waals surface area contributed by atoms with Crippen molar-refractivity contribution >= 4 is 23.2 Å². The second-order valence-electron chi connectivity index (χ2n) is 5.75. The highest BCUT2D eigenvalue weighted by atomic mass is 16.5. The summed E-state index contributed by atoms with van der Waals surface area (Å²) in [4.78, 5) is 24.5. The lowest BCUT2D eigenvalue weighted by atomic mass is 10.1. The molecule has 2 aromatic rings. The molecule has 0 aliphatic rings. The molecule has 0 spiro atoms. The van der Waals surface area contributed by atoms with E-state index in [9.17, 15) is 9.59 Å². The molecule has 2 rings (SSSR count). The number of hydrogen-bond acceptors (Lipinski definition) is 4. The van der Waals surface area contributed by atoms with E-state index in [0.29, 0.717) is 22.9 Å². The second-order valence-corrected chi connectivity index (χ2v) is 5.75. The van der Waals surface area contributed by atoms with Crippen molar-refractivity contribution in [3.05, 3.63) is 47.0 Å². The van der Waals surface area contributed by atoms with Crippen LogP contribution in [-0.2, 0) is 9.59 Å². The van der Waals surface area contributed by atoms with Gasteiger partial charge in [-0.2, -0.15) is 0 Å². The summed E-state index contributed by atoms with van der Waals surface area (Å²) < 4.78 is 10.3. The standard InChI is InChI=1S/C19H22N2O4/c1-11-8-12(2)17(13(3)9-11)21-19(23)18(22)20-15-7-6-14(24-4)10-16(15)25-5/h6-10H,1-5H3,(H,20,22)(H,21,23). The van der Waals surface area contributed by atoms with E-state index in [-0.39, 0.29) is 0 Å². The first-order chi connectivity index (χ1) is 11.8. The molecule has 25 heavy (non-hydrogen) atoms. The van der Waals surface area contributed by atoms with Gasteiger partial charge in [0.1, 0.15) is 11.5 Å². The van der Waals surface area contributed by atoms with Crippen molar-refractivity contribution in [2.24, 2.45) is 0 Å². The molecule has 6 nitrogen and oxygen atoms in total. The quantitative estimate of drug-likeness (QED) is 0.837. The third-order valence-electron chi connectivity index (χ3n) is 3.78. The number of amides is 2. The predicted molar refractivity (Wildman–Crippen MR) is 97.5 cm³/mol. The van der Waals surface area contributed by atoms with Gasteiger partial charge in [-0.15, -0.1) is 0 Å². The molecule has 2 amide bonds. The fourth-order valence-electron chi connectivity index (χ4n) is 2.63. The number of ether oxygens (including phenoxy) is 2. The third kappa shape index (κ3) is 4.29. The number of aryl methyl sites for hydroxylation is 3. The Morgan fingerprint density at radius 1 is 0.840 bits per heavy atom. The van der Waals surface area contributed by atoms with Crippen molar-refractivity contribution in [1.82, 2.24) is 0 Å². The normalized spacial score (nSPS) is 10.1. The van der Waals surface area contributed by atoms with Crippen LogP contribution in [0.2, 0.25) is 0 Å². The summed E-state index contributed by atoms with van der Waals surface area (Å²) in [6.45, 7) is 5.76. The zero-order valence-electron chi connectivity index (χ0n) is 15.0. The number of rotatable bonds is 4. The van der Waals surface area contributed by atoms with Crippen molar-refractivity contribution in [3.63, 3.8) is 0 Å². The molecule has 0 saturated carbocycles. The Labute approximate surface area is 147 Å². The summed E-state index contributed by atoms with van der Waals surface area (Å²) in [6, 6.07) is 8.82. The number of carbonyl (C=O) groups excluding carboxylic acids is 2. The van der Waals surface area contributed by atoms with Gasteiger partial charge >= 0.3 is 11.8 Å². The van der Waals surface area contributed by atoms with Gasteiger partial charge in [-0.1, -0.05) is 17.7 Å². The van der Waals surface area contributed by atoms with Gasteiger partial charge in [-0.05, 0) is 44.0 Å². The van der Waals surface area contributed by atoms with Crippen molar-refractivity contribution in [3.8, 4) is 11.5 Å². The molecule has 0 heterocycles. The molecule has 0 radical (unpaired) electrons. The van der Waals surface area contributed by atoms with Crippen LogP contribution in [0.25, 0.3) is 0 Å². The van der Waals surface area contributed by atoms with Crippen LogP contribution >= 0.6 is 0 Å². The van der Waals surface area contributed by atoms with Crippen LogP contribution < -0.4 is 20.1 Å². The third-order valence-corrected chi connectivity index (χ3v) is 3.78. The van der Waals surface area contributed by atoms with Gasteiger partial charge in [-0.25, -0.2) is 0 Å². The van der Waals surface area contributed by atoms with E-state index in [4.69, 9.17) is 9.47 Å². The topological polar surface area (TPSA) is 76.7 Å². The Morgan fingerprint density at radius 3 is 2.00 bits per heavy atom. The minimum atomic E-state index is -0.775. The van der Waals surface area contributed by atoms with E-state index in [2.05, 4.69) is 10.6 Å². The van der Waals surface area contributed by atoms with E-state index in [1.54, 1.807) is 18.2 Å². The molecule has 0 aliphatic carbocycles. The molecule has 0 bridgehead atoms. The minimum Gasteiger partial charge on any atom is -0.497 e. The Bertz CT molecular complexity index is 792.